The van der Waals surface area contributed by atoms with E-state index in [9.17, 15) is 9.59 Å². The molecule has 0 radical (unpaired) electrons. The average molecular weight is 377 g/mol. The Morgan fingerprint density at radius 3 is 2.50 bits per heavy atom. The first-order chi connectivity index (χ1) is 13.6. The standard InChI is InChI=1S/C23H23NO4/c1-16(25)18-7-9-19(10-8-18)20-11-21-14-27-15-22(12-20)24(21)23(26)28-13-17-5-3-2-4-6-17/h2-11,21-22H,12-15H2,1H3. The number of hydrogen-bond acceptors (Lipinski definition) is 4. The van der Waals surface area contributed by atoms with E-state index in [1.807, 2.05) is 54.6 Å². The highest BCUT2D eigenvalue weighted by atomic mass is 16.6. The van der Waals surface area contributed by atoms with Gasteiger partial charge in [-0.15, -0.1) is 0 Å². The number of nitrogens with zero attached hydrogens (tertiary/aromatic N) is 1. The number of Topliss-reactive ketones (excluding diaryl/α,β-unsaturated/α-hetero) is 1. The molecule has 0 saturated carbocycles. The minimum Gasteiger partial charge on any atom is -0.445 e. The number of hydrogen-bond donors (Lipinski definition) is 0. The smallest absolute Gasteiger partial charge is 0.411 e. The van der Waals surface area contributed by atoms with E-state index < -0.39 is 0 Å². The van der Waals surface area contributed by atoms with Crippen LogP contribution in [-0.4, -0.2) is 42.1 Å². The number of rotatable bonds is 4. The van der Waals surface area contributed by atoms with Gasteiger partial charge in [-0.05, 0) is 30.0 Å². The Hall–Kier alpha value is -2.92. The van der Waals surface area contributed by atoms with Crippen molar-refractivity contribution < 1.29 is 19.1 Å². The molecule has 2 aromatic rings. The number of ketones is 1. The van der Waals surface area contributed by atoms with Crippen molar-refractivity contribution in [3.05, 3.63) is 77.4 Å². The van der Waals surface area contributed by atoms with E-state index in [0.29, 0.717) is 25.2 Å². The van der Waals surface area contributed by atoms with Crippen LogP contribution in [-0.2, 0) is 16.1 Å². The van der Waals surface area contributed by atoms with Gasteiger partial charge in [-0.1, -0.05) is 60.7 Å². The number of carbonyl (C=O) groups excluding carboxylic acids is 2. The molecule has 0 aliphatic carbocycles. The topological polar surface area (TPSA) is 55.8 Å². The quantitative estimate of drug-likeness (QED) is 0.754. The van der Waals surface area contributed by atoms with Crippen molar-refractivity contribution >= 4 is 17.4 Å². The second-order valence-electron chi connectivity index (χ2n) is 7.24. The van der Waals surface area contributed by atoms with E-state index in [-0.39, 0.29) is 30.6 Å². The van der Waals surface area contributed by atoms with Gasteiger partial charge in [-0.3, -0.25) is 9.69 Å². The van der Waals surface area contributed by atoms with Gasteiger partial charge in [0.05, 0.1) is 25.3 Å². The molecular weight excluding hydrogens is 354 g/mol. The van der Waals surface area contributed by atoms with Crippen molar-refractivity contribution in [1.82, 2.24) is 4.90 Å². The maximum absolute atomic E-state index is 12.7. The summed E-state index contributed by atoms with van der Waals surface area (Å²) in [6.07, 6.45) is 2.49. The van der Waals surface area contributed by atoms with Gasteiger partial charge >= 0.3 is 6.09 Å². The predicted molar refractivity (Wildman–Crippen MR) is 106 cm³/mol. The molecule has 2 unspecified atom stereocenters. The molecule has 5 nitrogen and oxygen atoms in total. The zero-order valence-electron chi connectivity index (χ0n) is 15.8. The summed E-state index contributed by atoms with van der Waals surface area (Å²) in [4.78, 5) is 26.0. The summed E-state index contributed by atoms with van der Waals surface area (Å²) in [6.45, 7) is 2.79. The Bertz CT molecular complexity index is 889. The molecule has 2 aliphatic heterocycles. The van der Waals surface area contributed by atoms with Crippen LogP contribution in [0.25, 0.3) is 5.57 Å². The van der Waals surface area contributed by atoms with Crippen LogP contribution in [0.1, 0.15) is 34.8 Å². The lowest BCUT2D eigenvalue weighted by Gasteiger charge is -2.43. The molecule has 28 heavy (non-hydrogen) atoms. The van der Waals surface area contributed by atoms with Crippen molar-refractivity contribution in [2.75, 3.05) is 13.2 Å². The summed E-state index contributed by atoms with van der Waals surface area (Å²) < 4.78 is 11.2. The van der Waals surface area contributed by atoms with Gasteiger partial charge in [0.1, 0.15) is 6.61 Å². The lowest BCUT2D eigenvalue weighted by molar-refractivity contribution is -0.0342. The zero-order chi connectivity index (χ0) is 19.5. The van der Waals surface area contributed by atoms with E-state index in [1.54, 1.807) is 11.8 Å². The van der Waals surface area contributed by atoms with Crippen molar-refractivity contribution in [2.24, 2.45) is 0 Å². The number of benzene rings is 2. The lowest BCUT2D eigenvalue weighted by Crippen LogP contribution is -2.56. The molecule has 2 heterocycles. The van der Waals surface area contributed by atoms with E-state index >= 15 is 0 Å². The monoisotopic (exact) mass is 377 g/mol. The summed E-state index contributed by atoms with van der Waals surface area (Å²) >= 11 is 0. The summed E-state index contributed by atoms with van der Waals surface area (Å²) in [6, 6.07) is 17.1. The van der Waals surface area contributed by atoms with E-state index in [2.05, 4.69) is 6.08 Å². The fraction of sp³-hybridized carbons (Fsp3) is 0.304. The SMILES string of the molecule is CC(=O)c1ccc(C2=CC3COCC(C2)N3C(=O)OCc2ccccc2)cc1. The van der Waals surface area contributed by atoms with Crippen LogP contribution < -0.4 is 0 Å². The first-order valence-corrected chi connectivity index (χ1v) is 9.50. The highest BCUT2D eigenvalue weighted by molar-refractivity contribution is 5.94. The van der Waals surface area contributed by atoms with Gasteiger partial charge in [0.15, 0.2) is 5.78 Å². The molecule has 2 aliphatic rings. The van der Waals surface area contributed by atoms with Crippen LogP contribution in [0.3, 0.4) is 0 Å². The highest BCUT2D eigenvalue weighted by Crippen LogP contribution is 2.33. The number of amides is 1. The Labute approximate surface area is 164 Å². The molecule has 0 N–H and O–H groups in total. The highest BCUT2D eigenvalue weighted by Gasteiger charge is 2.39. The maximum atomic E-state index is 12.7. The lowest BCUT2D eigenvalue weighted by atomic mass is 9.89. The molecule has 1 fully saturated rings. The van der Waals surface area contributed by atoms with Crippen LogP contribution in [0.15, 0.2) is 60.7 Å². The maximum Gasteiger partial charge on any atom is 0.411 e. The molecule has 0 spiro atoms. The summed E-state index contributed by atoms with van der Waals surface area (Å²) in [5.74, 6) is 0.0572. The van der Waals surface area contributed by atoms with Gasteiger partial charge in [0.2, 0.25) is 0 Å². The normalized spacial score (nSPS) is 21.0. The Morgan fingerprint density at radius 1 is 1.07 bits per heavy atom. The van der Waals surface area contributed by atoms with Gasteiger partial charge in [-0.25, -0.2) is 4.79 Å². The Balaban J connectivity index is 1.49. The molecule has 5 heteroatoms. The minimum atomic E-state index is -0.301. The van der Waals surface area contributed by atoms with Crippen LogP contribution in [0.4, 0.5) is 4.79 Å². The second kappa shape index (κ2) is 7.98. The van der Waals surface area contributed by atoms with Crippen molar-refractivity contribution in [3.63, 3.8) is 0 Å². The third-order valence-electron chi connectivity index (χ3n) is 5.28. The van der Waals surface area contributed by atoms with Crippen LogP contribution in [0.2, 0.25) is 0 Å². The van der Waals surface area contributed by atoms with Crippen LogP contribution >= 0.6 is 0 Å². The van der Waals surface area contributed by atoms with Gasteiger partial charge in [0, 0.05) is 5.56 Å². The molecule has 2 bridgehead atoms. The van der Waals surface area contributed by atoms with Crippen molar-refractivity contribution in [2.45, 2.75) is 32.0 Å². The second-order valence-corrected chi connectivity index (χ2v) is 7.24. The largest absolute Gasteiger partial charge is 0.445 e. The van der Waals surface area contributed by atoms with E-state index in [1.165, 1.54) is 5.57 Å². The molecule has 144 valence electrons. The number of morpholine rings is 1. The average Bonchev–Trinajstić information content (AvgIpc) is 2.72. The number of fused-ring (bicyclic) bond motifs is 2. The number of carbonyl (C=O) groups is 2. The molecule has 1 saturated heterocycles. The van der Waals surface area contributed by atoms with Crippen molar-refractivity contribution in [1.29, 1.82) is 0 Å². The fourth-order valence-electron chi connectivity index (χ4n) is 3.81. The first kappa shape index (κ1) is 18.4. The van der Waals surface area contributed by atoms with Crippen LogP contribution in [0.5, 0.6) is 0 Å². The third kappa shape index (κ3) is 3.85. The minimum absolute atomic E-state index is 0.0468. The summed E-state index contributed by atoms with van der Waals surface area (Å²) in [5.41, 5.74) is 3.94. The van der Waals surface area contributed by atoms with E-state index in [0.717, 1.165) is 11.1 Å². The Kier molecular flexibility index (Phi) is 5.26. The fourth-order valence-corrected chi connectivity index (χ4v) is 3.81. The summed E-state index contributed by atoms with van der Waals surface area (Å²) in [5, 5.41) is 0. The van der Waals surface area contributed by atoms with Gasteiger partial charge in [-0.2, -0.15) is 0 Å². The first-order valence-electron chi connectivity index (χ1n) is 9.50. The van der Waals surface area contributed by atoms with Crippen LogP contribution in [0, 0.1) is 0 Å². The van der Waals surface area contributed by atoms with Crippen molar-refractivity contribution in [3.8, 4) is 0 Å². The number of ether oxygens (including phenoxy) is 2. The third-order valence-corrected chi connectivity index (χ3v) is 5.28. The Morgan fingerprint density at radius 2 is 1.82 bits per heavy atom. The van der Waals surface area contributed by atoms with Gasteiger partial charge < -0.3 is 9.47 Å². The molecule has 4 rings (SSSR count). The zero-order valence-corrected chi connectivity index (χ0v) is 15.8. The van der Waals surface area contributed by atoms with Gasteiger partial charge in [0.25, 0.3) is 0 Å². The van der Waals surface area contributed by atoms with E-state index in [4.69, 9.17) is 9.47 Å². The molecule has 2 atom stereocenters. The molecular formula is C23H23NO4. The molecule has 0 aromatic heterocycles. The predicted octanol–water partition coefficient (Wildman–Crippen LogP) is 4.08. The summed E-state index contributed by atoms with van der Waals surface area (Å²) in [7, 11) is 0. The molecule has 2 aromatic carbocycles. The molecule has 1 amide bonds.